The zero-order valence-electron chi connectivity index (χ0n) is 14.9. The van der Waals surface area contributed by atoms with Gasteiger partial charge in [-0.25, -0.2) is 4.79 Å². The molecule has 1 N–H and O–H groups in total. The van der Waals surface area contributed by atoms with Gasteiger partial charge in [0, 0.05) is 17.7 Å². The van der Waals surface area contributed by atoms with Crippen molar-refractivity contribution in [2.24, 2.45) is 0 Å². The average Bonchev–Trinajstić information content (AvgIpc) is 3.21. The van der Waals surface area contributed by atoms with E-state index < -0.39 is 35.9 Å². The molecular weight excluding hydrogens is 389 g/mol. The smallest absolute Gasteiger partial charge is 0.416 e. The first kappa shape index (κ1) is 19.0. The van der Waals surface area contributed by atoms with Gasteiger partial charge in [0.1, 0.15) is 6.04 Å². The van der Waals surface area contributed by atoms with Crippen LogP contribution >= 0.6 is 0 Å². The fourth-order valence-electron chi connectivity index (χ4n) is 3.59. The van der Waals surface area contributed by atoms with Crippen LogP contribution in [0.25, 0.3) is 0 Å². The first-order valence-electron chi connectivity index (χ1n) is 8.85. The number of carbonyl (C=O) groups excluding carboxylic acids is 3. The molecule has 29 heavy (non-hydrogen) atoms. The number of amides is 2. The Morgan fingerprint density at radius 1 is 1.10 bits per heavy atom. The predicted molar refractivity (Wildman–Crippen MR) is 94.5 cm³/mol. The minimum absolute atomic E-state index is 0.0343. The van der Waals surface area contributed by atoms with Crippen LogP contribution in [0.15, 0.2) is 48.5 Å². The lowest BCUT2D eigenvalue weighted by Gasteiger charge is -2.29. The number of benzene rings is 2. The zero-order chi connectivity index (χ0) is 20.8. The van der Waals surface area contributed by atoms with Crippen LogP contribution in [0.1, 0.15) is 40.6 Å². The number of fused-ring (bicyclic) bond motifs is 1. The highest BCUT2D eigenvalue weighted by atomic mass is 19.4. The molecule has 4 rings (SSSR count). The number of likely N-dealkylation sites (tertiary alicyclic amines) is 1. The minimum Gasteiger partial charge on any atom is -0.433 e. The Bertz CT molecular complexity index is 1010. The van der Waals surface area contributed by atoms with Crippen molar-refractivity contribution < 1.29 is 32.3 Å². The van der Waals surface area contributed by atoms with Gasteiger partial charge >= 0.3 is 12.1 Å². The minimum atomic E-state index is -4.54. The number of ether oxygens (including phenoxy) is 1. The van der Waals surface area contributed by atoms with Crippen molar-refractivity contribution in [3.05, 3.63) is 65.2 Å². The lowest BCUT2D eigenvalue weighted by Crippen LogP contribution is -2.43. The molecule has 2 amide bonds. The molecule has 1 fully saturated rings. The number of esters is 1. The third kappa shape index (κ3) is 3.43. The molecule has 6 nitrogen and oxygen atoms in total. The summed E-state index contributed by atoms with van der Waals surface area (Å²) >= 11 is 0. The summed E-state index contributed by atoms with van der Waals surface area (Å²) in [6.07, 6.45) is -5.35. The van der Waals surface area contributed by atoms with Crippen LogP contribution in [0.2, 0.25) is 0 Å². The van der Waals surface area contributed by atoms with Crippen molar-refractivity contribution in [1.82, 2.24) is 4.90 Å². The van der Waals surface area contributed by atoms with E-state index in [9.17, 15) is 27.6 Å². The fraction of sp³-hybridized carbons (Fsp3) is 0.250. The number of rotatable bonds is 3. The number of cyclic esters (lactones) is 1. The van der Waals surface area contributed by atoms with Gasteiger partial charge < -0.3 is 10.1 Å². The van der Waals surface area contributed by atoms with Crippen molar-refractivity contribution in [2.75, 3.05) is 5.32 Å². The summed E-state index contributed by atoms with van der Waals surface area (Å²) in [4.78, 5) is 38.4. The molecule has 2 atom stereocenters. The summed E-state index contributed by atoms with van der Waals surface area (Å²) in [7, 11) is 0. The molecule has 0 saturated carbocycles. The van der Waals surface area contributed by atoms with Gasteiger partial charge in [-0.3, -0.25) is 14.5 Å². The Hall–Kier alpha value is -3.36. The third-order valence-electron chi connectivity index (χ3n) is 4.93. The van der Waals surface area contributed by atoms with E-state index in [1.807, 2.05) is 0 Å². The first-order chi connectivity index (χ1) is 13.8. The van der Waals surface area contributed by atoms with Crippen molar-refractivity contribution in [1.29, 1.82) is 0 Å². The van der Waals surface area contributed by atoms with Crippen LogP contribution in [0, 0.1) is 0 Å². The van der Waals surface area contributed by atoms with Gasteiger partial charge in [-0.2, -0.15) is 13.2 Å². The monoisotopic (exact) mass is 404 g/mol. The molecule has 9 heteroatoms. The molecule has 150 valence electrons. The Morgan fingerprint density at radius 2 is 1.86 bits per heavy atom. The van der Waals surface area contributed by atoms with Gasteiger partial charge in [-0.15, -0.1) is 0 Å². The zero-order valence-corrected chi connectivity index (χ0v) is 14.9. The Labute approximate surface area is 163 Å². The van der Waals surface area contributed by atoms with Crippen LogP contribution in [0.4, 0.5) is 18.9 Å². The van der Waals surface area contributed by atoms with Gasteiger partial charge in [-0.05, 0) is 30.7 Å². The number of carbonyl (C=O) groups is 3. The quantitative estimate of drug-likeness (QED) is 0.795. The topological polar surface area (TPSA) is 75.7 Å². The second kappa shape index (κ2) is 6.91. The lowest BCUT2D eigenvalue weighted by atomic mass is 10.1. The maximum Gasteiger partial charge on any atom is 0.416 e. The van der Waals surface area contributed by atoms with Gasteiger partial charge in [-0.1, -0.05) is 24.3 Å². The van der Waals surface area contributed by atoms with Crippen molar-refractivity contribution in [3.63, 3.8) is 0 Å². The Morgan fingerprint density at radius 3 is 2.62 bits per heavy atom. The Kier molecular flexibility index (Phi) is 4.52. The van der Waals surface area contributed by atoms with Gasteiger partial charge in [0.15, 0.2) is 0 Å². The van der Waals surface area contributed by atoms with E-state index in [0.29, 0.717) is 11.1 Å². The van der Waals surface area contributed by atoms with Gasteiger partial charge in [0.05, 0.1) is 11.1 Å². The summed E-state index contributed by atoms with van der Waals surface area (Å²) in [5.41, 5.74) is -0.139. The van der Waals surface area contributed by atoms with Crippen molar-refractivity contribution >= 4 is 23.5 Å². The predicted octanol–water partition coefficient (Wildman–Crippen LogP) is 3.50. The molecule has 0 radical (unpaired) electrons. The molecule has 0 spiro atoms. The highest BCUT2D eigenvalue weighted by Gasteiger charge is 2.46. The molecular formula is C20H15F3N2O4. The molecule has 0 unspecified atom stereocenters. The number of nitrogens with zero attached hydrogens (tertiary/aromatic N) is 1. The lowest BCUT2D eigenvalue weighted by molar-refractivity contribution is -0.144. The van der Waals surface area contributed by atoms with Crippen molar-refractivity contribution in [3.8, 4) is 0 Å². The molecule has 0 aliphatic carbocycles. The molecule has 2 aromatic rings. The van der Waals surface area contributed by atoms with Crippen LogP contribution in [0.5, 0.6) is 0 Å². The second-order valence-corrected chi connectivity index (χ2v) is 6.77. The molecule has 0 aromatic heterocycles. The SMILES string of the molecule is O=C1O[C@H](N2C(=O)CC[C@@H]2C(=O)Nc2cccc(C(F)(F)F)c2)c2ccccc21. The van der Waals surface area contributed by atoms with E-state index in [2.05, 4.69) is 5.32 Å². The highest BCUT2D eigenvalue weighted by molar-refractivity contribution is 6.00. The van der Waals surface area contributed by atoms with E-state index in [1.54, 1.807) is 24.3 Å². The standard InChI is InChI=1S/C20H15F3N2O4/c21-20(22,23)11-4-3-5-12(10-11)24-17(27)15-8-9-16(26)25(15)18-13-6-1-2-7-14(13)19(28)29-18/h1-7,10,15,18H,8-9H2,(H,24,27)/t15-,18+/m1/s1. The maximum absolute atomic E-state index is 12.9. The summed E-state index contributed by atoms with van der Waals surface area (Å²) in [6.45, 7) is 0. The number of hydrogen-bond donors (Lipinski definition) is 1. The summed E-state index contributed by atoms with van der Waals surface area (Å²) in [5.74, 6) is -1.61. The molecule has 2 aliphatic rings. The maximum atomic E-state index is 12.9. The van der Waals surface area contributed by atoms with Crippen LogP contribution in [0.3, 0.4) is 0 Å². The molecule has 0 bridgehead atoms. The largest absolute Gasteiger partial charge is 0.433 e. The number of hydrogen-bond acceptors (Lipinski definition) is 4. The molecule has 2 aromatic carbocycles. The number of alkyl halides is 3. The molecule has 1 saturated heterocycles. The van der Waals surface area contributed by atoms with Gasteiger partial charge in [0.25, 0.3) is 0 Å². The summed E-state index contributed by atoms with van der Waals surface area (Å²) < 4.78 is 44.0. The van der Waals surface area contributed by atoms with E-state index in [1.165, 1.54) is 17.0 Å². The number of halogens is 3. The second-order valence-electron chi connectivity index (χ2n) is 6.77. The van der Waals surface area contributed by atoms with Crippen LogP contribution in [-0.2, 0) is 20.5 Å². The van der Waals surface area contributed by atoms with E-state index in [0.717, 1.165) is 12.1 Å². The van der Waals surface area contributed by atoms with E-state index in [-0.39, 0.29) is 24.4 Å². The molecule has 2 aliphatic heterocycles. The summed E-state index contributed by atoms with van der Waals surface area (Å²) in [6, 6.07) is 9.82. The number of nitrogens with one attached hydrogen (secondary N) is 1. The van der Waals surface area contributed by atoms with Gasteiger partial charge in [0.2, 0.25) is 18.0 Å². The van der Waals surface area contributed by atoms with Crippen LogP contribution < -0.4 is 5.32 Å². The Balaban J connectivity index is 1.58. The normalized spacial score (nSPS) is 21.1. The van der Waals surface area contributed by atoms with Crippen LogP contribution in [-0.4, -0.2) is 28.7 Å². The van der Waals surface area contributed by atoms with E-state index >= 15 is 0 Å². The fourth-order valence-corrected chi connectivity index (χ4v) is 3.59. The van der Waals surface area contributed by atoms with Crippen molar-refractivity contribution in [2.45, 2.75) is 31.3 Å². The van der Waals surface area contributed by atoms with E-state index in [4.69, 9.17) is 4.74 Å². The third-order valence-corrected chi connectivity index (χ3v) is 4.93. The number of anilines is 1. The first-order valence-corrected chi connectivity index (χ1v) is 8.85. The summed E-state index contributed by atoms with van der Waals surface area (Å²) in [5, 5.41) is 2.43. The average molecular weight is 404 g/mol. The molecule has 2 heterocycles. The highest BCUT2D eigenvalue weighted by Crippen LogP contribution is 2.38.